The maximum Gasteiger partial charge on any atom is 0.266 e. The largest absolute Gasteiger partial charge is 0.512 e. The molecular weight excluding hydrogens is 452 g/mol. The highest BCUT2D eigenvalue weighted by molar-refractivity contribution is 7.97. The third-order valence-electron chi connectivity index (χ3n) is 4.22. The average molecular weight is 481 g/mol. The van der Waals surface area contributed by atoms with E-state index in [0.717, 1.165) is 27.1 Å². The molecule has 6 nitrogen and oxygen atoms in total. The molecule has 3 N–H and O–H groups in total. The molecule has 31 heavy (non-hydrogen) atoms. The third kappa shape index (κ3) is 6.54. The zero-order valence-corrected chi connectivity index (χ0v) is 20.7. The lowest BCUT2D eigenvalue weighted by Crippen LogP contribution is -2.13. The number of H-pyrrole nitrogens is 1. The number of benzene rings is 1. The highest BCUT2D eigenvalue weighted by atomic mass is 32.2. The van der Waals surface area contributed by atoms with Gasteiger partial charge in [0, 0.05) is 39.9 Å². The van der Waals surface area contributed by atoms with Gasteiger partial charge in [0.2, 0.25) is 0 Å². The normalized spacial score (nSPS) is 12.8. The number of aryl methyl sites for hydroxylation is 1. The molecule has 0 saturated heterocycles. The minimum atomic E-state index is -1.25. The van der Waals surface area contributed by atoms with Gasteiger partial charge in [0.1, 0.15) is 4.70 Å². The van der Waals surface area contributed by atoms with Crippen LogP contribution in [0.25, 0.3) is 15.7 Å². The van der Waals surface area contributed by atoms with E-state index in [4.69, 9.17) is 4.18 Å². The molecule has 1 atom stereocenters. The van der Waals surface area contributed by atoms with Crippen molar-refractivity contribution in [1.29, 1.82) is 0 Å². The van der Waals surface area contributed by atoms with Crippen LogP contribution < -0.4 is 10.3 Å². The number of aromatic amines is 1. The number of nitrogens with one attached hydrogen (secondary N) is 2. The predicted molar refractivity (Wildman–Crippen MR) is 133 cm³/mol. The summed E-state index contributed by atoms with van der Waals surface area (Å²) in [5.41, 5.74) is 3.01. The van der Waals surface area contributed by atoms with Crippen LogP contribution in [0, 0.1) is 6.92 Å². The summed E-state index contributed by atoms with van der Waals surface area (Å²) in [5.74, 6) is 0.191. The number of aromatic nitrogens is 1. The lowest BCUT2D eigenvalue weighted by atomic mass is 9.93. The number of pyridine rings is 1. The molecule has 2 aromatic heterocycles. The maximum absolute atomic E-state index is 12.2. The van der Waals surface area contributed by atoms with E-state index >= 15 is 0 Å². The van der Waals surface area contributed by atoms with Gasteiger partial charge in [-0.25, -0.2) is 4.21 Å². The van der Waals surface area contributed by atoms with Crippen molar-refractivity contribution < 1.29 is 13.5 Å². The van der Waals surface area contributed by atoms with Gasteiger partial charge in [-0.3, -0.25) is 13.7 Å². The molecule has 3 rings (SSSR count). The standard InChI is InChI=1S/C20H22N2O4S3.C2H6/c1-12-17(16-8-11-27-19(16)20(24)22-12)18(13(2)23)14-4-6-15(7-5-14)28-21-9-10-26-29(3)25;1-2/h4-8,11,21,23H,9-10H2,1-3H3,(H,22,24);1-2H3/b18-13+;. The summed E-state index contributed by atoms with van der Waals surface area (Å²) in [6.45, 7) is 8.43. The Morgan fingerprint density at radius 1 is 1.26 bits per heavy atom. The van der Waals surface area contributed by atoms with Crippen molar-refractivity contribution in [3.63, 3.8) is 0 Å². The van der Waals surface area contributed by atoms with Crippen LogP contribution in [0.4, 0.5) is 0 Å². The smallest absolute Gasteiger partial charge is 0.266 e. The van der Waals surface area contributed by atoms with Gasteiger partial charge in [0.05, 0.1) is 12.4 Å². The summed E-state index contributed by atoms with van der Waals surface area (Å²) in [5, 5.41) is 13.2. The van der Waals surface area contributed by atoms with Gasteiger partial charge >= 0.3 is 0 Å². The second kappa shape index (κ2) is 12.2. The van der Waals surface area contributed by atoms with Crippen LogP contribution in [0.1, 0.15) is 37.6 Å². The van der Waals surface area contributed by atoms with Crippen LogP contribution in [0.15, 0.2) is 51.2 Å². The predicted octanol–water partition coefficient (Wildman–Crippen LogP) is 5.17. The fraction of sp³-hybridized carbons (Fsp3) is 0.318. The number of hydrogen-bond donors (Lipinski definition) is 3. The number of rotatable bonds is 8. The molecular formula is C22H28N2O4S3. The van der Waals surface area contributed by atoms with Crippen LogP contribution in [0.2, 0.25) is 0 Å². The van der Waals surface area contributed by atoms with Gasteiger partial charge in [-0.15, -0.1) is 11.3 Å². The molecule has 9 heteroatoms. The van der Waals surface area contributed by atoms with Crippen molar-refractivity contribution in [3.8, 4) is 0 Å². The topological polar surface area (TPSA) is 91.4 Å². The Kier molecular flexibility index (Phi) is 9.98. The molecule has 0 saturated carbocycles. The number of aliphatic hydroxyl groups excluding tert-OH is 1. The van der Waals surface area contributed by atoms with Gasteiger partial charge in [-0.1, -0.05) is 26.0 Å². The molecule has 0 aliphatic rings. The first kappa shape index (κ1) is 25.4. The number of aliphatic hydroxyl groups is 1. The van der Waals surface area contributed by atoms with E-state index in [9.17, 15) is 14.1 Å². The molecule has 0 spiro atoms. The highest BCUT2D eigenvalue weighted by Gasteiger charge is 2.18. The third-order valence-corrected chi connectivity index (χ3v) is 6.48. The summed E-state index contributed by atoms with van der Waals surface area (Å²) in [7, 11) is 0. The Labute approximate surface area is 193 Å². The molecule has 3 aromatic rings. The van der Waals surface area contributed by atoms with Crippen molar-refractivity contribution in [3.05, 3.63) is 68.6 Å². The Morgan fingerprint density at radius 2 is 1.94 bits per heavy atom. The van der Waals surface area contributed by atoms with Crippen LogP contribution in [0.5, 0.6) is 0 Å². The average Bonchev–Trinajstić information content (AvgIpc) is 3.23. The summed E-state index contributed by atoms with van der Waals surface area (Å²) < 4.78 is 19.7. The van der Waals surface area contributed by atoms with Crippen LogP contribution in [0.3, 0.4) is 0 Å². The van der Waals surface area contributed by atoms with Crippen LogP contribution in [-0.4, -0.2) is 33.7 Å². The van der Waals surface area contributed by atoms with E-state index in [1.165, 1.54) is 29.5 Å². The van der Waals surface area contributed by atoms with Gasteiger partial charge in [0.15, 0.2) is 11.1 Å². The Balaban J connectivity index is 0.00000166. The molecule has 1 unspecified atom stereocenters. The van der Waals surface area contributed by atoms with E-state index in [2.05, 4.69) is 9.71 Å². The molecule has 1 aromatic carbocycles. The number of thiophene rings is 1. The van der Waals surface area contributed by atoms with Crippen molar-refractivity contribution in [2.45, 2.75) is 32.6 Å². The van der Waals surface area contributed by atoms with Crippen molar-refractivity contribution >= 4 is 50.0 Å². The summed E-state index contributed by atoms with van der Waals surface area (Å²) in [6, 6.07) is 9.72. The molecule has 2 heterocycles. The van der Waals surface area contributed by atoms with E-state index < -0.39 is 11.1 Å². The minimum absolute atomic E-state index is 0.111. The fourth-order valence-corrected chi connectivity index (χ4v) is 4.79. The second-order valence-corrected chi connectivity index (χ2v) is 9.24. The van der Waals surface area contributed by atoms with E-state index in [1.54, 1.807) is 6.92 Å². The molecule has 0 bridgehead atoms. The van der Waals surface area contributed by atoms with Gasteiger partial charge in [-0.05, 0) is 54.9 Å². The maximum atomic E-state index is 12.2. The minimum Gasteiger partial charge on any atom is -0.512 e. The molecule has 0 amide bonds. The number of allylic oxidation sites excluding steroid dienone is 1. The van der Waals surface area contributed by atoms with Crippen molar-refractivity contribution in [1.82, 2.24) is 9.71 Å². The van der Waals surface area contributed by atoms with E-state index in [-0.39, 0.29) is 11.3 Å². The van der Waals surface area contributed by atoms with Gasteiger partial charge < -0.3 is 10.1 Å². The lowest BCUT2D eigenvalue weighted by molar-refractivity contribution is 0.357. The molecule has 0 fully saturated rings. The zero-order chi connectivity index (χ0) is 23.0. The monoisotopic (exact) mass is 480 g/mol. The highest BCUT2D eigenvalue weighted by Crippen LogP contribution is 2.34. The van der Waals surface area contributed by atoms with Crippen molar-refractivity contribution in [2.75, 3.05) is 19.4 Å². The summed E-state index contributed by atoms with van der Waals surface area (Å²) in [4.78, 5) is 16.1. The quantitative estimate of drug-likeness (QED) is 0.234. The van der Waals surface area contributed by atoms with Crippen molar-refractivity contribution in [2.24, 2.45) is 0 Å². The first-order valence-corrected chi connectivity index (χ1v) is 13.0. The van der Waals surface area contributed by atoms with Crippen LogP contribution >= 0.6 is 23.3 Å². The first-order valence-electron chi connectivity index (χ1n) is 9.85. The second-order valence-electron chi connectivity index (χ2n) is 6.32. The molecule has 0 aliphatic carbocycles. The fourth-order valence-electron chi connectivity index (χ4n) is 3.05. The van der Waals surface area contributed by atoms with E-state index in [0.29, 0.717) is 23.4 Å². The summed E-state index contributed by atoms with van der Waals surface area (Å²) >= 11 is 1.59. The Bertz CT molecular complexity index is 1110. The van der Waals surface area contributed by atoms with Gasteiger partial charge in [-0.2, -0.15) is 0 Å². The Hall–Kier alpha value is -1.91. The number of fused-ring (bicyclic) bond motifs is 1. The SMILES string of the molecule is C/C(O)=C(/c1ccc(SNCCOS(C)=O)cc1)c1c(C)[nH]c(=O)c2sccc12.CC. The van der Waals surface area contributed by atoms with Gasteiger partial charge in [0.25, 0.3) is 5.56 Å². The first-order chi connectivity index (χ1) is 14.9. The molecule has 0 aliphatic heterocycles. The molecule has 168 valence electrons. The summed E-state index contributed by atoms with van der Waals surface area (Å²) in [6.07, 6.45) is 1.49. The van der Waals surface area contributed by atoms with E-state index in [1.807, 2.05) is 56.5 Å². The van der Waals surface area contributed by atoms with Crippen LogP contribution in [-0.2, 0) is 15.3 Å². The molecule has 0 radical (unpaired) electrons. The number of hydrogen-bond acceptors (Lipinski definition) is 7. The Morgan fingerprint density at radius 3 is 2.55 bits per heavy atom. The zero-order valence-electron chi connectivity index (χ0n) is 18.3. The lowest BCUT2D eigenvalue weighted by Gasteiger charge is -2.14.